The molecule has 0 radical (unpaired) electrons. The molecule has 16 heavy (non-hydrogen) atoms. The number of rotatable bonds is 5. The van der Waals surface area contributed by atoms with Crippen LogP contribution in [-0.2, 0) is 14.4 Å². The molecule has 1 unspecified atom stereocenters. The van der Waals surface area contributed by atoms with Gasteiger partial charge in [0.05, 0.1) is 11.8 Å². The van der Waals surface area contributed by atoms with Crippen molar-refractivity contribution < 1.29 is 19.5 Å². The van der Waals surface area contributed by atoms with Crippen molar-refractivity contribution in [1.82, 2.24) is 10.6 Å². The second-order valence-corrected chi connectivity index (χ2v) is 3.91. The summed E-state index contributed by atoms with van der Waals surface area (Å²) in [4.78, 5) is 33.3. The minimum Gasteiger partial charge on any atom is -0.481 e. The van der Waals surface area contributed by atoms with Gasteiger partial charge in [0.15, 0.2) is 0 Å². The van der Waals surface area contributed by atoms with Gasteiger partial charge in [-0.05, 0) is 20.3 Å². The van der Waals surface area contributed by atoms with E-state index in [1.54, 1.807) is 13.8 Å². The fourth-order valence-electron chi connectivity index (χ4n) is 1.47. The molecule has 0 spiro atoms. The van der Waals surface area contributed by atoms with Crippen LogP contribution in [0, 0.1) is 11.8 Å². The Morgan fingerprint density at radius 3 is 2.44 bits per heavy atom. The fraction of sp³-hybridized carbons (Fsp3) is 0.700. The molecule has 3 atom stereocenters. The van der Waals surface area contributed by atoms with Gasteiger partial charge in [0, 0.05) is 6.54 Å². The molecule has 0 aromatic rings. The minimum absolute atomic E-state index is 0.261. The van der Waals surface area contributed by atoms with E-state index in [4.69, 9.17) is 5.11 Å². The number of nitrogens with one attached hydrogen (secondary N) is 2. The van der Waals surface area contributed by atoms with Gasteiger partial charge in [-0.2, -0.15) is 0 Å². The zero-order chi connectivity index (χ0) is 12.3. The number of carbonyl (C=O) groups excluding carboxylic acids is 2. The average molecular weight is 228 g/mol. The molecule has 3 N–H and O–H groups in total. The maximum absolute atomic E-state index is 11.5. The predicted molar refractivity (Wildman–Crippen MR) is 55.5 cm³/mol. The fourth-order valence-corrected chi connectivity index (χ4v) is 1.47. The first-order valence-electron chi connectivity index (χ1n) is 5.28. The van der Waals surface area contributed by atoms with Gasteiger partial charge in [-0.3, -0.25) is 14.4 Å². The van der Waals surface area contributed by atoms with E-state index in [-0.39, 0.29) is 11.8 Å². The van der Waals surface area contributed by atoms with Crippen molar-refractivity contribution in [3.8, 4) is 0 Å². The number of carbonyl (C=O) groups is 3. The Kier molecular flexibility index (Phi) is 3.87. The Labute approximate surface area is 93.4 Å². The van der Waals surface area contributed by atoms with Crippen LogP contribution in [0.2, 0.25) is 0 Å². The lowest BCUT2D eigenvalue weighted by Crippen LogP contribution is -2.45. The minimum atomic E-state index is -0.953. The summed E-state index contributed by atoms with van der Waals surface area (Å²) in [5.74, 6) is -2.63. The summed E-state index contributed by atoms with van der Waals surface area (Å²) in [7, 11) is 0. The van der Waals surface area contributed by atoms with Gasteiger partial charge >= 0.3 is 5.97 Å². The Morgan fingerprint density at radius 2 is 2.00 bits per heavy atom. The zero-order valence-electron chi connectivity index (χ0n) is 9.32. The second kappa shape index (κ2) is 4.96. The van der Waals surface area contributed by atoms with E-state index >= 15 is 0 Å². The third-order valence-corrected chi connectivity index (χ3v) is 2.55. The first kappa shape index (κ1) is 12.5. The van der Waals surface area contributed by atoms with Crippen molar-refractivity contribution in [2.24, 2.45) is 11.8 Å². The lowest BCUT2D eigenvalue weighted by molar-refractivity contribution is -0.140. The highest BCUT2D eigenvalue weighted by molar-refractivity contribution is 5.92. The molecule has 6 nitrogen and oxygen atoms in total. The van der Waals surface area contributed by atoms with Crippen LogP contribution in [0.25, 0.3) is 0 Å². The number of carboxylic acids is 1. The maximum atomic E-state index is 11.5. The first-order chi connectivity index (χ1) is 7.47. The van der Waals surface area contributed by atoms with Gasteiger partial charge in [0.25, 0.3) is 0 Å². The van der Waals surface area contributed by atoms with Crippen LogP contribution in [0.1, 0.15) is 20.3 Å². The van der Waals surface area contributed by atoms with Crippen molar-refractivity contribution >= 4 is 17.8 Å². The number of likely N-dealkylation sites (N-methyl/N-ethyl adjacent to an activating group) is 1. The molecule has 1 fully saturated rings. The van der Waals surface area contributed by atoms with Gasteiger partial charge in [-0.15, -0.1) is 0 Å². The van der Waals surface area contributed by atoms with Crippen LogP contribution < -0.4 is 10.6 Å². The highest BCUT2D eigenvalue weighted by atomic mass is 16.4. The van der Waals surface area contributed by atoms with Gasteiger partial charge in [-0.25, -0.2) is 0 Å². The Bertz CT molecular complexity index is 316. The highest BCUT2D eigenvalue weighted by Crippen LogP contribution is 2.38. The molecule has 2 amide bonds. The van der Waals surface area contributed by atoms with E-state index in [1.807, 2.05) is 0 Å². The third-order valence-electron chi connectivity index (χ3n) is 2.55. The smallest absolute Gasteiger partial charge is 0.307 e. The van der Waals surface area contributed by atoms with Crippen LogP contribution in [0.3, 0.4) is 0 Å². The number of hydrogen-bond acceptors (Lipinski definition) is 3. The summed E-state index contributed by atoms with van der Waals surface area (Å²) in [5, 5.41) is 13.7. The third kappa shape index (κ3) is 2.95. The van der Waals surface area contributed by atoms with Crippen molar-refractivity contribution in [2.75, 3.05) is 6.54 Å². The number of amides is 2. The lowest BCUT2D eigenvalue weighted by atomic mass is 10.2. The molecule has 0 heterocycles. The molecule has 90 valence electrons. The van der Waals surface area contributed by atoms with Gasteiger partial charge in [0.2, 0.25) is 11.8 Å². The lowest BCUT2D eigenvalue weighted by Gasteiger charge is -2.12. The monoisotopic (exact) mass is 228 g/mol. The molecule has 0 saturated heterocycles. The molecule has 6 heteroatoms. The summed E-state index contributed by atoms with van der Waals surface area (Å²) in [6.45, 7) is 3.86. The predicted octanol–water partition coefficient (Wildman–Crippen LogP) is -0.652. The van der Waals surface area contributed by atoms with Crippen molar-refractivity contribution in [1.29, 1.82) is 0 Å². The van der Waals surface area contributed by atoms with Gasteiger partial charge in [0.1, 0.15) is 6.04 Å². The first-order valence-corrected chi connectivity index (χ1v) is 5.28. The normalized spacial score (nSPS) is 24.4. The van der Waals surface area contributed by atoms with Crippen LogP contribution in [0.4, 0.5) is 0 Å². The molecule has 1 saturated carbocycles. The molecular formula is C10H16N2O4. The van der Waals surface area contributed by atoms with Crippen molar-refractivity contribution in [2.45, 2.75) is 26.3 Å². The molecule has 0 aromatic carbocycles. The summed E-state index contributed by atoms with van der Waals surface area (Å²) >= 11 is 0. The molecule has 1 aliphatic carbocycles. The van der Waals surface area contributed by atoms with E-state index in [1.165, 1.54) is 0 Å². The standard InChI is InChI=1S/C10H16N2O4/c1-3-11-8(13)5(2)12-9(14)6-4-7(6)10(15)16/h5-7H,3-4H2,1-2H3,(H,11,13)(H,12,14)(H,15,16)/t5?,6-,7+/m1/s1. The molecule has 1 aliphatic rings. The van der Waals surface area contributed by atoms with Crippen LogP contribution in [0.5, 0.6) is 0 Å². The summed E-state index contributed by atoms with van der Waals surface area (Å²) < 4.78 is 0. The second-order valence-electron chi connectivity index (χ2n) is 3.91. The zero-order valence-corrected chi connectivity index (χ0v) is 9.32. The number of aliphatic carboxylic acids is 1. The summed E-state index contributed by atoms with van der Waals surface area (Å²) in [6.07, 6.45) is 0.364. The molecule has 0 aliphatic heterocycles. The molecule has 1 rings (SSSR count). The van der Waals surface area contributed by atoms with Gasteiger partial charge < -0.3 is 15.7 Å². The maximum Gasteiger partial charge on any atom is 0.307 e. The summed E-state index contributed by atoms with van der Waals surface area (Å²) in [5.41, 5.74) is 0. The van der Waals surface area contributed by atoms with Gasteiger partial charge in [-0.1, -0.05) is 0 Å². The van der Waals surface area contributed by atoms with Crippen LogP contribution >= 0.6 is 0 Å². The van der Waals surface area contributed by atoms with E-state index in [2.05, 4.69) is 10.6 Å². The molecule has 0 aromatic heterocycles. The highest BCUT2D eigenvalue weighted by Gasteiger charge is 2.48. The number of carboxylic acid groups (broad SMARTS) is 1. The van der Waals surface area contributed by atoms with E-state index in [9.17, 15) is 14.4 Å². The van der Waals surface area contributed by atoms with E-state index in [0.29, 0.717) is 13.0 Å². The Morgan fingerprint density at radius 1 is 1.38 bits per heavy atom. The van der Waals surface area contributed by atoms with Crippen molar-refractivity contribution in [3.63, 3.8) is 0 Å². The Balaban J connectivity index is 2.35. The molecule has 0 bridgehead atoms. The Hall–Kier alpha value is -1.59. The average Bonchev–Trinajstić information content (AvgIpc) is 2.97. The topological polar surface area (TPSA) is 95.5 Å². The summed E-state index contributed by atoms with van der Waals surface area (Å²) in [6, 6.07) is -0.623. The van der Waals surface area contributed by atoms with Crippen LogP contribution in [0.15, 0.2) is 0 Å². The molecular weight excluding hydrogens is 212 g/mol. The van der Waals surface area contributed by atoms with E-state index < -0.39 is 23.8 Å². The van der Waals surface area contributed by atoms with Crippen molar-refractivity contribution in [3.05, 3.63) is 0 Å². The van der Waals surface area contributed by atoms with Crippen LogP contribution in [-0.4, -0.2) is 35.5 Å². The quantitative estimate of drug-likeness (QED) is 0.582. The number of hydrogen-bond donors (Lipinski definition) is 3. The van der Waals surface area contributed by atoms with E-state index in [0.717, 1.165) is 0 Å². The largest absolute Gasteiger partial charge is 0.481 e. The SMILES string of the molecule is CCNC(=O)C(C)NC(=O)[C@@H]1C[C@@H]1C(=O)O.